The first-order chi connectivity index (χ1) is 18.8. The molecule has 6 atom stereocenters. The van der Waals surface area contributed by atoms with Gasteiger partial charge in [-0.1, -0.05) is 39.8 Å². The molecule has 5 rings (SSSR count). The Labute approximate surface area is 238 Å². The van der Waals surface area contributed by atoms with Gasteiger partial charge < -0.3 is 30.5 Å². The molecule has 9 nitrogen and oxygen atoms in total. The third-order valence-corrected chi connectivity index (χ3v) is 10.1. The molecule has 3 aliphatic heterocycles. The highest BCUT2D eigenvalue weighted by atomic mass is 16.6. The summed E-state index contributed by atoms with van der Waals surface area (Å²) in [5.74, 6) is -0.263. The van der Waals surface area contributed by atoms with Gasteiger partial charge in [0, 0.05) is 55.7 Å². The highest BCUT2D eigenvalue weighted by molar-refractivity contribution is 5.91. The Kier molecular flexibility index (Phi) is 7.03. The highest BCUT2D eigenvalue weighted by Crippen LogP contribution is 2.67. The number of carbonyl (C=O) groups excluding carboxylic acids is 2. The number of hydrogen-bond donors (Lipinski definition) is 3. The van der Waals surface area contributed by atoms with Gasteiger partial charge in [0.05, 0.1) is 13.2 Å². The summed E-state index contributed by atoms with van der Waals surface area (Å²) in [4.78, 5) is 31.5. The van der Waals surface area contributed by atoms with Gasteiger partial charge in [-0.05, 0) is 55.0 Å². The van der Waals surface area contributed by atoms with Crippen LogP contribution < -0.4 is 20.7 Å². The van der Waals surface area contributed by atoms with Gasteiger partial charge in [-0.3, -0.25) is 14.5 Å². The lowest BCUT2D eigenvalue weighted by atomic mass is 9.47. The summed E-state index contributed by atoms with van der Waals surface area (Å²) in [6, 6.07) is 3.57. The Morgan fingerprint density at radius 2 is 1.98 bits per heavy atom. The first-order valence-corrected chi connectivity index (χ1v) is 14.6. The van der Waals surface area contributed by atoms with Gasteiger partial charge in [0.2, 0.25) is 5.60 Å². The standard InChI is InChI=1S/C31H46N4O5/c1-8-29-11-9-15-35-16-12-30(24(29)35)20-17-21(28(3,4)5)23(39-7)18-22(20)34(6)25(30)31(38,26(29)40-19(2)36)27(37)33-14-10-13-32/h9,11,17-18,24-26,38H,8,10,12-16,32H2,1-7H3,(H,33,37)/t24?,25?,26-,29-,30?,31+/m1/s1. The van der Waals surface area contributed by atoms with E-state index in [4.69, 9.17) is 15.2 Å². The first-order valence-electron chi connectivity index (χ1n) is 14.6. The first kappa shape index (κ1) is 28.9. The largest absolute Gasteiger partial charge is 0.496 e. The molecule has 9 heteroatoms. The summed E-state index contributed by atoms with van der Waals surface area (Å²) < 4.78 is 12.0. The summed E-state index contributed by atoms with van der Waals surface area (Å²) in [6.07, 6.45) is 5.09. The molecular formula is C31H46N4O5. The van der Waals surface area contributed by atoms with Crippen molar-refractivity contribution in [2.75, 3.05) is 45.2 Å². The second-order valence-corrected chi connectivity index (χ2v) is 13.1. The van der Waals surface area contributed by atoms with Crippen molar-refractivity contribution in [2.45, 2.75) is 88.5 Å². The molecule has 1 aromatic carbocycles. The Hall–Kier alpha value is -2.62. The number of anilines is 1. The number of hydrogen-bond acceptors (Lipinski definition) is 8. The fraction of sp³-hybridized carbons (Fsp3) is 0.677. The van der Waals surface area contributed by atoms with Crippen LogP contribution in [0.15, 0.2) is 24.3 Å². The van der Waals surface area contributed by atoms with Crippen LogP contribution in [0.1, 0.15) is 65.0 Å². The predicted molar refractivity (Wildman–Crippen MR) is 155 cm³/mol. The van der Waals surface area contributed by atoms with Crippen molar-refractivity contribution in [3.8, 4) is 5.75 Å². The summed E-state index contributed by atoms with van der Waals surface area (Å²) in [5, 5.41) is 16.0. The van der Waals surface area contributed by atoms with Crippen LogP contribution in [-0.4, -0.2) is 86.0 Å². The topological polar surface area (TPSA) is 117 Å². The monoisotopic (exact) mass is 554 g/mol. The normalized spacial score (nSPS) is 34.2. The number of nitrogens with two attached hydrogens (primary N) is 1. The van der Waals surface area contributed by atoms with Gasteiger partial charge in [-0.25, -0.2) is 0 Å². The van der Waals surface area contributed by atoms with Crippen molar-refractivity contribution in [3.05, 3.63) is 35.4 Å². The second-order valence-electron chi connectivity index (χ2n) is 13.1. The number of esters is 1. The summed E-state index contributed by atoms with van der Waals surface area (Å²) in [6.45, 7) is 12.3. The molecule has 220 valence electrons. The van der Waals surface area contributed by atoms with E-state index < -0.39 is 40.5 Å². The summed E-state index contributed by atoms with van der Waals surface area (Å²) in [5.41, 5.74) is 5.28. The van der Waals surface area contributed by atoms with E-state index >= 15 is 0 Å². The minimum Gasteiger partial charge on any atom is -0.496 e. The Bertz CT molecular complexity index is 1230. The van der Waals surface area contributed by atoms with Crippen molar-refractivity contribution in [1.29, 1.82) is 0 Å². The van der Waals surface area contributed by atoms with Crippen LogP contribution >= 0.6 is 0 Å². The number of nitrogens with one attached hydrogen (secondary N) is 1. The van der Waals surface area contributed by atoms with E-state index in [0.29, 0.717) is 25.9 Å². The molecule has 1 amide bonds. The highest BCUT2D eigenvalue weighted by Gasteiger charge is 2.79. The molecule has 3 unspecified atom stereocenters. The fourth-order valence-corrected chi connectivity index (χ4v) is 8.65. The number of benzene rings is 1. The maximum atomic E-state index is 14.3. The molecule has 0 aromatic heterocycles. The van der Waals surface area contributed by atoms with Gasteiger partial charge >= 0.3 is 5.97 Å². The number of aliphatic hydroxyl groups is 1. The third kappa shape index (κ3) is 3.70. The molecule has 1 spiro atoms. The molecule has 3 heterocycles. The average molecular weight is 555 g/mol. The molecular weight excluding hydrogens is 508 g/mol. The van der Waals surface area contributed by atoms with Crippen LogP contribution in [0.2, 0.25) is 0 Å². The van der Waals surface area contributed by atoms with E-state index in [9.17, 15) is 14.7 Å². The maximum absolute atomic E-state index is 14.3. The SMILES string of the molecule is CC[C@]12C=CCN3CCC4(c5cc(C(C)(C)C)c(OC)cc5N(C)C4[C@@](O)(C(=O)NCCCN)[C@@H]1OC(C)=O)C32. The van der Waals surface area contributed by atoms with Crippen molar-refractivity contribution >= 4 is 17.6 Å². The second kappa shape index (κ2) is 9.74. The average Bonchev–Trinajstić information content (AvgIpc) is 3.41. The molecule has 40 heavy (non-hydrogen) atoms. The summed E-state index contributed by atoms with van der Waals surface area (Å²) in [7, 11) is 3.62. The maximum Gasteiger partial charge on any atom is 0.303 e. The number of rotatable bonds is 7. The molecule has 1 saturated carbocycles. The van der Waals surface area contributed by atoms with E-state index in [0.717, 1.165) is 42.1 Å². The summed E-state index contributed by atoms with van der Waals surface area (Å²) >= 11 is 0. The third-order valence-electron chi connectivity index (χ3n) is 10.1. The predicted octanol–water partition coefficient (Wildman–Crippen LogP) is 2.23. The number of methoxy groups -OCH3 is 1. The smallest absolute Gasteiger partial charge is 0.303 e. The Balaban J connectivity index is 1.84. The van der Waals surface area contributed by atoms with Crippen molar-refractivity contribution in [1.82, 2.24) is 10.2 Å². The van der Waals surface area contributed by atoms with Crippen LogP contribution in [0, 0.1) is 5.41 Å². The molecule has 0 bridgehead atoms. The number of likely N-dealkylation sites (N-methyl/N-ethyl adjacent to an activating group) is 1. The van der Waals surface area contributed by atoms with Crippen molar-refractivity contribution < 1.29 is 24.2 Å². The number of nitrogens with zero attached hydrogens (tertiary/aromatic N) is 2. The van der Waals surface area contributed by atoms with E-state index in [1.807, 2.05) is 11.9 Å². The number of fused-ring (bicyclic) bond motifs is 1. The molecule has 1 saturated heterocycles. The number of amides is 1. The van der Waals surface area contributed by atoms with E-state index in [1.54, 1.807) is 7.11 Å². The Morgan fingerprint density at radius 1 is 1.25 bits per heavy atom. The van der Waals surface area contributed by atoms with Gasteiger partial charge in [0.15, 0.2) is 6.10 Å². The van der Waals surface area contributed by atoms with Gasteiger partial charge in [0.1, 0.15) is 5.75 Å². The van der Waals surface area contributed by atoms with E-state index in [2.05, 4.69) is 62.2 Å². The van der Waals surface area contributed by atoms with Crippen LogP contribution in [0.3, 0.4) is 0 Å². The molecule has 1 aliphatic carbocycles. The van der Waals surface area contributed by atoms with Crippen molar-refractivity contribution in [3.63, 3.8) is 0 Å². The van der Waals surface area contributed by atoms with Crippen LogP contribution in [-0.2, 0) is 25.2 Å². The quantitative estimate of drug-likeness (QED) is 0.267. The van der Waals surface area contributed by atoms with Gasteiger partial charge in [-0.15, -0.1) is 0 Å². The van der Waals surface area contributed by atoms with Crippen LogP contribution in [0.4, 0.5) is 5.69 Å². The molecule has 4 N–H and O–H groups in total. The lowest BCUT2D eigenvalue weighted by Gasteiger charge is -2.63. The molecule has 2 fully saturated rings. The minimum absolute atomic E-state index is 0.0774. The number of ether oxygens (including phenoxy) is 2. The fourth-order valence-electron chi connectivity index (χ4n) is 8.65. The van der Waals surface area contributed by atoms with Crippen LogP contribution in [0.5, 0.6) is 5.75 Å². The van der Waals surface area contributed by atoms with Crippen LogP contribution in [0.25, 0.3) is 0 Å². The lowest BCUT2D eigenvalue weighted by Crippen LogP contribution is -2.82. The van der Waals surface area contributed by atoms with Gasteiger partial charge in [0.25, 0.3) is 5.91 Å². The van der Waals surface area contributed by atoms with E-state index in [1.165, 1.54) is 6.92 Å². The molecule has 4 aliphatic rings. The zero-order chi connectivity index (χ0) is 29.3. The lowest BCUT2D eigenvalue weighted by molar-refractivity contribution is -0.218. The minimum atomic E-state index is -2.03. The Morgan fingerprint density at radius 3 is 2.58 bits per heavy atom. The molecule has 0 radical (unpaired) electrons. The van der Waals surface area contributed by atoms with Gasteiger partial charge in [-0.2, -0.15) is 0 Å². The molecule has 1 aromatic rings. The zero-order valence-corrected chi connectivity index (χ0v) is 25.0. The van der Waals surface area contributed by atoms with Crippen molar-refractivity contribution in [2.24, 2.45) is 11.1 Å². The zero-order valence-electron chi connectivity index (χ0n) is 25.0. The van der Waals surface area contributed by atoms with E-state index in [-0.39, 0.29) is 11.5 Å². The number of carbonyl (C=O) groups is 2.